The van der Waals surface area contributed by atoms with Gasteiger partial charge >= 0.3 is 5.97 Å². The fourth-order valence-electron chi connectivity index (χ4n) is 7.85. The Morgan fingerprint density at radius 2 is 1.72 bits per heavy atom. The molecule has 2 N–H and O–H groups in total. The van der Waals surface area contributed by atoms with Crippen LogP contribution in [0.1, 0.15) is 86.0 Å². The monoisotopic (exact) mass is 405 g/mol. The van der Waals surface area contributed by atoms with Gasteiger partial charge in [0.25, 0.3) is 0 Å². The molecule has 0 aromatic heterocycles. The van der Waals surface area contributed by atoms with Gasteiger partial charge < -0.3 is 9.94 Å². The largest absolute Gasteiger partial charge is 0.595 e. The lowest BCUT2D eigenvalue weighted by Gasteiger charge is -2.67. The number of rotatable bonds is 2. The predicted molar refractivity (Wildman–Crippen MR) is 107 cm³/mol. The molecule has 6 heteroatoms. The maximum absolute atomic E-state index is 12.9. The molecule has 0 aromatic carbocycles. The Labute approximate surface area is 173 Å². The number of allylic oxidation sites excluding steroid dienone is 1. The molecule has 4 aliphatic carbocycles. The number of nitrogens with one attached hydrogen (secondary N) is 1. The summed E-state index contributed by atoms with van der Waals surface area (Å²) in [6.07, 6.45) is 5.69. The molecule has 3 fully saturated rings. The van der Waals surface area contributed by atoms with Crippen LogP contribution < -0.4 is 5.23 Å². The number of esters is 1. The second-order valence-corrected chi connectivity index (χ2v) is 10.9. The van der Waals surface area contributed by atoms with Crippen molar-refractivity contribution in [3.05, 3.63) is 16.5 Å². The predicted octanol–water partition coefficient (Wildman–Crippen LogP) is 3.33. The van der Waals surface area contributed by atoms with Crippen molar-refractivity contribution in [1.29, 1.82) is 0 Å². The highest BCUT2D eigenvalue weighted by Crippen LogP contribution is 2.74. The molecule has 2 unspecified atom stereocenters. The zero-order chi connectivity index (χ0) is 21.4. The summed E-state index contributed by atoms with van der Waals surface area (Å²) in [5, 5.41) is 21.7. The Bertz CT molecular complexity index is 790. The molecule has 4 rings (SSSR count). The van der Waals surface area contributed by atoms with Crippen molar-refractivity contribution in [2.45, 2.75) is 92.1 Å². The Morgan fingerprint density at radius 1 is 1.07 bits per heavy atom. The second-order valence-electron chi connectivity index (χ2n) is 10.9. The van der Waals surface area contributed by atoms with Gasteiger partial charge in [0.1, 0.15) is 17.6 Å². The van der Waals surface area contributed by atoms with Crippen molar-refractivity contribution in [1.82, 2.24) is 0 Å². The Morgan fingerprint density at radius 3 is 2.34 bits per heavy atom. The number of fused-ring (bicyclic) bond motifs is 5. The molecule has 0 spiro atoms. The highest BCUT2D eigenvalue weighted by Gasteiger charge is 2.70. The molecule has 7 atom stereocenters. The van der Waals surface area contributed by atoms with Crippen LogP contribution in [0.5, 0.6) is 0 Å². The molecule has 4 aliphatic rings. The van der Waals surface area contributed by atoms with Crippen LogP contribution in [-0.4, -0.2) is 23.1 Å². The molecule has 0 heterocycles. The summed E-state index contributed by atoms with van der Waals surface area (Å²) in [4.78, 5) is 24.4. The molecule has 6 nitrogen and oxygen atoms in total. The molecule has 29 heavy (non-hydrogen) atoms. The molecule has 162 valence electrons. The first-order chi connectivity index (χ1) is 13.4. The number of Topliss-reactive ketones (excluding diaryl/α,β-unsaturated/α-hetero) is 1. The van der Waals surface area contributed by atoms with Gasteiger partial charge in [0, 0.05) is 37.0 Å². The minimum Gasteiger partial charge on any atom is -0.595 e. The Kier molecular flexibility index (Phi) is 4.62. The van der Waals surface area contributed by atoms with Crippen LogP contribution in [0, 0.1) is 32.8 Å². The highest BCUT2D eigenvalue weighted by molar-refractivity contribution is 5.88. The lowest BCUT2D eigenvalue weighted by molar-refractivity contribution is -1.02. The molecule has 0 aromatic rings. The summed E-state index contributed by atoms with van der Waals surface area (Å²) < 4.78 is 5.49. The van der Waals surface area contributed by atoms with E-state index < -0.39 is 5.23 Å². The molecule has 0 bridgehead atoms. The SMILES string of the molecule is CC(=O)O[C@H]1CC[C@@]2(C)C(=C([NH+]([O-])O)CC3[C@]2(C)CC[C@]2(C)C(=O)CC[C@@]32C)C1. The van der Waals surface area contributed by atoms with Gasteiger partial charge in [-0.05, 0) is 54.4 Å². The van der Waals surface area contributed by atoms with E-state index in [2.05, 4.69) is 27.7 Å². The molecule has 3 saturated carbocycles. The molecule has 0 saturated heterocycles. The summed E-state index contributed by atoms with van der Waals surface area (Å²) in [6.45, 7) is 10.4. The average molecular weight is 406 g/mol. The van der Waals surface area contributed by atoms with E-state index >= 15 is 0 Å². The summed E-state index contributed by atoms with van der Waals surface area (Å²) in [7, 11) is 0. The van der Waals surface area contributed by atoms with E-state index in [0.717, 1.165) is 37.7 Å². The Balaban J connectivity index is 1.83. The van der Waals surface area contributed by atoms with Crippen molar-refractivity contribution >= 4 is 11.8 Å². The van der Waals surface area contributed by atoms with E-state index in [4.69, 9.17) is 4.74 Å². The van der Waals surface area contributed by atoms with Gasteiger partial charge in [0.2, 0.25) is 0 Å². The zero-order valence-corrected chi connectivity index (χ0v) is 18.4. The van der Waals surface area contributed by atoms with E-state index in [1.54, 1.807) is 0 Å². The van der Waals surface area contributed by atoms with Crippen LogP contribution in [0.15, 0.2) is 11.3 Å². The van der Waals surface area contributed by atoms with Gasteiger partial charge in [-0.15, -0.1) is 0 Å². The molecule has 0 radical (unpaired) electrons. The van der Waals surface area contributed by atoms with Crippen molar-refractivity contribution < 1.29 is 24.8 Å². The van der Waals surface area contributed by atoms with Crippen LogP contribution in [0.3, 0.4) is 0 Å². The van der Waals surface area contributed by atoms with Gasteiger partial charge in [-0.3, -0.25) is 9.59 Å². The number of hydrogen-bond donors (Lipinski definition) is 2. The van der Waals surface area contributed by atoms with Gasteiger partial charge in [-0.2, -0.15) is 5.23 Å². The van der Waals surface area contributed by atoms with Crippen LogP contribution in [0.4, 0.5) is 0 Å². The van der Waals surface area contributed by atoms with Crippen molar-refractivity contribution in [2.24, 2.45) is 27.6 Å². The van der Waals surface area contributed by atoms with Crippen LogP contribution in [0.25, 0.3) is 0 Å². The number of ketones is 1. The first-order valence-corrected chi connectivity index (χ1v) is 11.1. The summed E-state index contributed by atoms with van der Waals surface area (Å²) in [5.41, 5.74) is 0.690. The van der Waals surface area contributed by atoms with Crippen LogP contribution >= 0.6 is 0 Å². The standard InChI is InChI=1S/C23H35NO5/c1-14(25)29-15-6-8-20(2)16(12-15)17(24(27)28)13-18-21(3)9-7-19(26)23(21,5)11-10-22(18,20)4/h15,18,24,27H,6-13H2,1-5H3/t15-,18?,20-,21-,22-,23+/m0/s1. The number of carbonyl (C=O) groups excluding carboxylic acids is 2. The summed E-state index contributed by atoms with van der Waals surface area (Å²) >= 11 is 0. The maximum Gasteiger partial charge on any atom is 0.302 e. The zero-order valence-electron chi connectivity index (χ0n) is 18.4. The summed E-state index contributed by atoms with van der Waals surface area (Å²) in [5.74, 6) is 0.226. The number of hydroxylamine groups is 2. The van der Waals surface area contributed by atoms with E-state index in [0.29, 0.717) is 30.7 Å². The Hall–Kier alpha value is -1.24. The third kappa shape index (κ3) is 2.58. The van der Waals surface area contributed by atoms with Crippen molar-refractivity contribution in [3.8, 4) is 0 Å². The third-order valence-electron chi connectivity index (χ3n) is 10.1. The fourth-order valence-corrected chi connectivity index (χ4v) is 7.85. The van der Waals surface area contributed by atoms with E-state index in [9.17, 15) is 20.0 Å². The lowest BCUT2D eigenvalue weighted by Crippen LogP contribution is -3.03. The first-order valence-electron chi connectivity index (χ1n) is 11.1. The van der Waals surface area contributed by atoms with Crippen LogP contribution in [0.2, 0.25) is 0 Å². The minimum absolute atomic E-state index is 0.0542. The van der Waals surface area contributed by atoms with E-state index in [1.807, 2.05) is 0 Å². The fraction of sp³-hybridized carbons (Fsp3) is 0.826. The number of carbonyl (C=O) groups is 2. The molecule has 0 amide bonds. The van der Waals surface area contributed by atoms with Crippen molar-refractivity contribution in [2.75, 3.05) is 0 Å². The highest BCUT2D eigenvalue weighted by atomic mass is 16.8. The number of ether oxygens (including phenoxy) is 1. The quantitative estimate of drug-likeness (QED) is 0.543. The van der Waals surface area contributed by atoms with E-state index in [1.165, 1.54) is 6.92 Å². The second kappa shape index (κ2) is 6.38. The lowest BCUT2D eigenvalue weighted by atomic mass is 9.37. The topological polar surface area (TPSA) is 91.1 Å². The van der Waals surface area contributed by atoms with Crippen molar-refractivity contribution in [3.63, 3.8) is 0 Å². The number of quaternary nitrogens is 1. The minimum atomic E-state index is -0.850. The molecule has 0 aliphatic heterocycles. The summed E-state index contributed by atoms with van der Waals surface area (Å²) in [6, 6.07) is 0. The maximum atomic E-state index is 12.9. The van der Waals surface area contributed by atoms with E-state index in [-0.39, 0.29) is 39.7 Å². The van der Waals surface area contributed by atoms with Gasteiger partial charge in [-0.1, -0.05) is 27.7 Å². The normalized spacial score (nSPS) is 47.9. The smallest absolute Gasteiger partial charge is 0.302 e. The number of hydrogen-bond acceptors (Lipinski definition) is 5. The average Bonchev–Trinajstić information content (AvgIpc) is 2.87. The van der Waals surface area contributed by atoms with Crippen LogP contribution in [-0.2, 0) is 14.3 Å². The third-order valence-corrected chi connectivity index (χ3v) is 10.1. The first kappa shape index (κ1) is 21.0. The van der Waals surface area contributed by atoms with Gasteiger partial charge in [0.05, 0.1) is 0 Å². The van der Waals surface area contributed by atoms with Gasteiger partial charge in [0.15, 0.2) is 0 Å². The van der Waals surface area contributed by atoms with Gasteiger partial charge in [-0.25, -0.2) is 5.21 Å². The molecular weight excluding hydrogens is 370 g/mol. The molecular formula is C23H35NO5.